The molecule has 0 aromatic heterocycles. The Morgan fingerprint density at radius 1 is 1.07 bits per heavy atom. The molecular weight excluding hydrogens is 184 g/mol. The number of rotatable bonds is 2. The van der Waals surface area contributed by atoms with E-state index in [1.54, 1.807) is 0 Å². The predicted octanol–water partition coefficient (Wildman–Crippen LogP) is 2.25. The highest BCUT2D eigenvalue weighted by Crippen LogP contribution is 2.30. The Morgan fingerprint density at radius 2 is 1.93 bits per heavy atom. The summed E-state index contributed by atoms with van der Waals surface area (Å²) < 4.78 is 0. The van der Waals surface area contributed by atoms with Crippen LogP contribution in [0.3, 0.4) is 0 Å². The maximum absolute atomic E-state index is 3.51. The maximum Gasteiger partial charge on any atom is 0.0124 e. The third-order valence-corrected chi connectivity index (χ3v) is 4.24. The summed E-state index contributed by atoms with van der Waals surface area (Å²) in [4.78, 5) is 2.77. The molecule has 0 aromatic carbocycles. The molecule has 1 heterocycles. The highest BCUT2D eigenvalue weighted by atomic mass is 15.2. The van der Waals surface area contributed by atoms with E-state index in [4.69, 9.17) is 0 Å². The molecule has 0 amide bonds. The molecule has 1 aliphatic carbocycles. The normalized spacial score (nSPS) is 35.0. The molecule has 2 nitrogen and oxygen atoms in total. The van der Waals surface area contributed by atoms with Crippen molar-refractivity contribution in [3.05, 3.63) is 0 Å². The lowest BCUT2D eigenvalue weighted by molar-refractivity contribution is 0.107. The predicted molar refractivity (Wildman–Crippen MR) is 65.1 cm³/mol. The molecular formula is C13H26N2. The Hall–Kier alpha value is -0.0800. The van der Waals surface area contributed by atoms with Gasteiger partial charge in [-0.1, -0.05) is 26.2 Å². The molecule has 1 N–H and O–H groups in total. The average molecular weight is 210 g/mol. The zero-order valence-corrected chi connectivity index (χ0v) is 10.2. The molecule has 2 unspecified atom stereocenters. The van der Waals surface area contributed by atoms with Gasteiger partial charge in [-0.2, -0.15) is 0 Å². The zero-order valence-electron chi connectivity index (χ0n) is 10.2. The van der Waals surface area contributed by atoms with Crippen LogP contribution in [0, 0.1) is 5.92 Å². The molecule has 2 aliphatic rings. The van der Waals surface area contributed by atoms with Crippen molar-refractivity contribution in [3.8, 4) is 0 Å². The van der Waals surface area contributed by atoms with Crippen molar-refractivity contribution in [3.63, 3.8) is 0 Å². The van der Waals surface area contributed by atoms with Gasteiger partial charge in [0, 0.05) is 19.1 Å². The van der Waals surface area contributed by atoms with Crippen LogP contribution < -0.4 is 5.32 Å². The smallest absolute Gasteiger partial charge is 0.0124 e. The second-order valence-electron chi connectivity index (χ2n) is 5.16. The van der Waals surface area contributed by atoms with E-state index in [0.29, 0.717) is 0 Å². The second kappa shape index (κ2) is 5.86. The quantitative estimate of drug-likeness (QED) is 0.752. The van der Waals surface area contributed by atoms with Gasteiger partial charge in [-0.15, -0.1) is 0 Å². The minimum Gasteiger partial charge on any atom is -0.315 e. The number of nitrogens with zero attached hydrogens (tertiary/aromatic N) is 1. The van der Waals surface area contributed by atoms with E-state index < -0.39 is 0 Å². The highest BCUT2D eigenvalue weighted by molar-refractivity contribution is 4.84. The van der Waals surface area contributed by atoms with Crippen LogP contribution in [-0.4, -0.2) is 37.1 Å². The first-order valence-electron chi connectivity index (χ1n) is 6.86. The van der Waals surface area contributed by atoms with Crippen molar-refractivity contribution in [1.29, 1.82) is 0 Å². The summed E-state index contributed by atoms with van der Waals surface area (Å²) in [5.74, 6) is 0.983. The summed E-state index contributed by atoms with van der Waals surface area (Å²) in [7, 11) is 0. The Balaban J connectivity index is 1.92. The van der Waals surface area contributed by atoms with Crippen molar-refractivity contribution >= 4 is 0 Å². The largest absolute Gasteiger partial charge is 0.315 e. The summed E-state index contributed by atoms with van der Waals surface area (Å²) in [6.45, 7) is 7.40. The van der Waals surface area contributed by atoms with E-state index in [-0.39, 0.29) is 0 Å². The van der Waals surface area contributed by atoms with Gasteiger partial charge >= 0.3 is 0 Å². The minimum absolute atomic E-state index is 0.906. The van der Waals surface area contributed by atoms with E-state index in [1.807, 2.05) is 0 Å². The highest BCUT2D eigenvalue weighted by Gasteiger charge is 2.28. The average Bonchev–Trinajstić information content (AvgIpc) is 2.57. The van der Waals surface area contributed by atoms with Crippen LogP contribution in [0.5, 0.6) is 0 Å². The fourth-order valence-corrected chi connectivity index (χ4v) is 3.34. The lowest BCUT2D eigenvalue weighted by Gasteiger charge is -2.39. The zero-order chi connectivity index (χ0) is 10.5. The molecule has 2 atom stereocenters. The molecule has 2 heteroatoms. The van der Waals surface area contributed by atoms with Gasteiger partial charge in [-0.3, -0.25) is 4.90 Å². The standard InChI is InChI=1S/C13H26N2/c1-2-12-6-3-4-7-13(12)15-10-5-8-14-9-11-15/h12-14H,2-11H2,1H3. The van der Waals surface area contributed by atoms with Crippen LogP contribution in [0.4, 0.5) is 0 Å². The summed E-state index contributed by atoms with van der Waals surface area (Å²) in [6, 6.07) is 0.906. The van der Waals surface area contributed by atoms with E-state index in [0.717, 1.165) is 12.0 Å². The lowest BCUT2D eigenvalue weighted by Crippen LogP contribution is -2.44. The summed E-state index contributed by atoms with van der Waals surface area (Å²) in [5, 5.41) is 3.51. The van der Waals surface area contributed by atoms with Crippen LogP contribution >= 0.6 is 0 Å². The van der Waals surface area contributed by atoms with Crippen LogP contribution in [0.25, 0.3) is 0 Å². The minimum atomic E-state index is 0.906. The van der Waals surface area contributed by atoms with Crippen molar-refractivity contribution in [2.45, 2.75) is 51.5 Å². The van der Waals surface area contributed by atoms with Gasteiger partial charge in [0.1, 0.15) is 0 Å². The molecule has 0 spiro atoms. The van der Waals surface area contributed by atoms with Crippen molar-refractivity contribution < 1.29 is 0 Å². The first-order valence-corrected chi connectivity index (χ1v) is 6.86. The summed E-state index contributed by atoms with van der Waals surface area (Å²) >= 11 is 0. The Morgan fingerprint density at radius 3 is 2.80 bits per heavy atom. The fraction of sp³-hybridized carbons (Fsp3) is 1.00. The number of hydrogen-bond acceptors (Lipinski definition) is 2. The SMILES string of the molecule is CCC1CCCCC1N1CCCNCC1. The molecule has 1 aliphatic heterocycles. The summed E-state index contributed by atoms with van der Waals surface area (Å²) in [6.07, 6.45) is 8.59. The molecule has 1 saturated carbocycles. The number of nitrogens with one attached hydrogen (secondary N) is 1. The monoisotopic (exact) mass is 210 g/mol. The van der Waals surface area contributed by atoms with Crippen molar-refractivity contribution in [2.24, 2.45) is 5.92 Å². The molecule has 0 bridgehead atoms. The maximum atomic E-state index is 3.51. The van der Waals surface area contributed by atoms with Gasteiger partial charge in [0.05, 0.1) is 0 Å². The van der Waals surface area contributed by atoms with Crippen LogP contribution in [0.2, 0.25) is 0 Å². The fourth-order valence-electron chi connectivity index (χ4n) is 3.34. The molecule has 2 fully saturated rings. The van der Waals surface area contributed by atoms with Gasteiger partial charge in [-0.25, -0.2) is 0 Å². The molecule has 2 rings (SSSR count). The lowest BCUT2D eigenvalue weighted by atomic mass is 9.82. The van der Waals surface area contributed by atoms with Gasteiger partial charge < -0.3 is 5.32 Å². The van der Waals surface area contributed by atoms with Gasteiger partial charge in [0.2, 0.25) is 0 Å². The van der Waals surface area contributed by atoms with Crippen molar-refractivity contribution in [1.82, 2.24) is 10.2 Å². The third kappa shape index (κ3) is 2.94. The van der Waals surface area contributed by atoms with Gasteiger partial charge in [-0.05, 0) is 38.3 Å². The Labute approximate surface area is 94.4 Å². The Bertz CT molecular complexity index is 173. The van der Waals surface area contributed by atoms with E-state index in [2.05, 4.69) is 17.1 Å². The van der Waals surface area contributed by atoms with Gasteiger partial charge in [0.25, 0.3) is 0 Å². The van der Waals surface area contributed by atoms with E-state index >= 15 is 0 Å². The molecule has 0 radical (unpaired) electrons. The molecule has 1 saturated heterocycles. The third-order valence-electron chi connectivity index (χ3n) is 4.24. The van der Waals surface area contributed by atoms with E-state index in [9.17, 15) is 0 Å². The second-order valence-corrected chi connectivity index (χ2v) is 5.16. The van der Waals surface area contributed by atoms with Gasteiger partial charge in [0.15, 0.2) is 0 Å². The van der Waals surface area contributed by atoms with Crippen LogP contribution in [-0.2, 0) is 0 Å². The van der Waals surface area contributed by atoms with Crippen LogP contribution in [0.15, 0.2) is 0 Å². The molecule has 88 valence electrons. The first-order chi connectivity index (χ1) is 7.42. The molecule has 15 heavy (non-hydrogen) atoms. The summed E-state index contributed by atoms with van der Waals surface area (Å²) in [5.41, 5.74) is 0. The topological polar surface area (TPSA) is 15.3 Å². The molecule has 0 aromatic rings. The van der Waals surface area contributed by atoms with Crippen molar-refractivity contribution in [2.75, 3.05) is 26.2 Å². The van der Waals surface area contributed by atoms with E-state index in [1.165, 1.54) is 64.7 Å². The number of hydrogen-bond donors (Lipinski definition) is 1. The Kier molecular flexibility index (Phi) is 4.45. The van der Waals surface area contributed by atoms with Crippen LogP contribution in [0.1, 0.15) is 45.4 Å². The first kappa shape index (κ1) is 11.4.